The van der Waals surface area contributed by atoms with Crippen molar-refractivity contribution < 1.29 is 1.43 Å². The van der Waals surface area contributed by atoms with Crippen LogP contribution in [-0.2, 0) is 0 Å². The number of halogens is 1. The molecule has 11 aromatic rings. The predicted octanol–water partition coefficient (Wildman–Crippen LogP) is 16.0. The van der Waals surface area contributed by atoms with E-state index < -0.39 is 0 Å². The number of benzene rings is 9. The van der Waals surface area contributed by atoms with Crippen LogP contribution in [-0.4, -0.2) is 9.13 Å². The molecule has 0 fully saturated rings. The highest BCUT2D eigenvalue weighted by molar-refractivity contribution is 9.10. The molecule has 288 valence electrons. The number of rotatable bonds is 5. The standard InChI is InChI=1S/C43H27N3.C13H8BrN.H2/c44-28-29-9-8-10-31(25-29)30-17-21-35(22-18-30)46-40-15-6-4-13-36(40)38-23-19-33(27-43(38)46)32-20-24-42-39(26-32)37-14-5-7-16-41(37)45(42)34-11-2-1-3-12-34;1-15-13-4-2-3-11(9-13)10-5-7-12(14)8-6-10;/h1-27H;2-9H;1H. The molecule has 0 amide bonds. The van der Waals surface area contributed by atoms with Gasteiger partial charge in [-0.25, -0.2) is 4.85 Å². The number of aromatic nitrogens is 2. The van der Waals surface area contributed by atoms with Crippen LogP contribution in [0.5, 0.6) is 0 Å². The first-order valence-corrected chi connectivity index (χ1v) is 20.8. The second kappa shape index (κ2) is 16.0. The third-order valence-electron chi connectivity index (χ3n) is 11.3. The van der Waals surface area contributed by atoms with Gasteiger partial charge in [-0.3, -0.25) is 0 Å². The van der Waals surface area contributed by atoms with Crippen molar-refractivity contribution in [2.45, 2.75) is 0 Å². The van der Waals surface area contributed by atoms with Crippen molar-refractivity contribution in [3.63, 3.8) is 0 Å². The molecule has 0 radical (unpaired) electrons. The van der Waals surface area contributed by atoms with Crippen LogP contribution >= 0.6 is 15.9 Å². The molecule has 61 heavy (non-hydrogen) atoms. The second-order valence-corrected chi connectivity index (χ2v) is 15.8. The van der Waals surface area contributed by atoms with Gasteiger partial charge in [-0.1, -0.05) is 143 Å². The van der Waals surface area contributed by atoms with Gasteiger partial charge in [0, 0.05) is 38.8 Å². The van der Waals surface area contributed by atoms with E-state index in [0.717, 1.165) is 38.1 Å². The number of nitriles is 1. The Labute approximate surface area is 363 Å². The van der Waals surface area contributed by atoms with E-state index in [-0.39, 0.29) is 1.43 Å². The van der Waals surface area contributed by atoms with Crippen molar-refractivity contribution in [1.29, 1.82) is 5.26 Å². The Morgan fingerprint density at radius 1 is 0.410 bits per heavy atom. The lowest BCUT2D eigenvalue weighted by atomic mass is 10.0. The highest BCUT2D eigenvalue weighted by Gasteiger charge is 2.16. The van der Waals surface area contributed by atoms with Gasteiger partial charge < -0.3 is 9.13 Å². The highest BCUT2D eigenvalue weighted by Crippen LogP contribution is 2.38. The minimum Gasteiger partial charge on any atom is -0.309 e. The van der Waals surface area contributed by atoms with E-state index in [4.69, 9.17) is 6.57 Å². The maximum Gasteiger partial charge on any atom is 0.187 e. The van der Waals surface area contributed by atoms with Crippen molar-refractivity contribution in [3.8, 4) is 50.8 Å². The monoisotopic (exact) mass is 844 g/mol. The van der Waals surface area contributed by atoms with Gasteiger partial charge in [0.1, 0.15) is 0 Å². The smallest absolute Gasteiger partial charge is 0.187 e. The highest BCUT2D eigenvalue weighted by atomic mass is 79.9. The van der Waals surface area contributed by atoms with Crippen molar-refractivity contribution >= 4 is 65.2 Å². The van der Waals surface area contributed by atoms with Crippen molar-refractivity contribution in [1.82, 2.24) is 9.13 Å². The summed E-state index contributed by atoms with van der Waals surface area (Å²) in [4.78, 5) is 3.42. The lowest BCUT2D eigenvalue weighted by molar-refractivity contribution is 1.18. The topological polar surface area (TPSA) is 38.0 Å². The maximum absolute atomic E-state index is 9.38. The van der Waals surface area contributed by atoms with Gasteiger partial charge in [0.25, 0.3) is 0 Å². The summed E-state index contributed by atoms with van der Waals surface area (Å²) in [5.41, 5.74) is 15.1. The van der Waals surface area contributed by atoms with Crippen LogP contribution in [0.15, 0.2) is 217 Å². The van der Waals surface area contributed by atoms with Crippen LogP contribution in [0.2, 0.25) is 0 Å². The molecule has 9 aromatic carbocycles. The normalized spacial score (nSPS) is 11.0. The fourth-order valence-electron chi connectivity index (χ4n) is 8.40. The van der Waals surface area contributed by atoms with Crippen LogP contribution in [0.25, 0.3) is 93.2 Å². The molecule has 0 aliphatic heterocycles. The maximum atomic E-state index is 9.38. The molecule has 0 spiro atoms. The first-order valence-electron chi connectivity index (χ1n) is 20.0. The van der Waals surface area contributed by atoms with E-state index in [9.17, 15) is 5.26 Å². The van der Waals surface area contributed by atoms with Gasteiger partial charge in [0.2, 0.25) is 0 Å². The average Bonchev–Trinajstić information content (AvgIpc) is 3.84. The Morgan fingerprint density at radius 2 is 0.918 bits per heavy atom. The summed E-state index contributed by atoms with van der Waals surface area (Å²) in [5, 5.41) is 14.3. The summed E-state index contributed by atoms with van der Waals surface area (Å²) < 4.78 is 5.78. The first-order chi connectivity index (χ1) is 30.1. The molecule has 0 atom stereocenters. The van der Waals surface area contributed by atoms with E-state index >= 15 is 0 Å². The molecule has 2 heterocycles. The molecule has 11 rings (SSSR count). The van der Waals surface area contributed by atoms with Crippen LogP contribution in [0.3, 0.4) is 0 Å². The Hall–Kier alpha value is -7.96. The number of para-hydroxylation sites is 3. The molecular formula is C56H37BrN4. The largest absolute Gasteiger partial charge is 0.309 e. The van der Waals surface area contributed by atoms with E-state index in [1.807, 2.05) is 66.7 Å². The Bertz CT molecular complexity index is 3500. The fraction of sp³-hybridized carbons (Fsp3) is 0. The molecule has 0 unspecified atom stereocenters. The second-order valence-electron chi connectivity index (χ2n) is 14.9. The van der Waals surface area contributed by atoms with Crippen LogP contribution in [0.4, 0.5) is 5.69 Å². The molecule has 2 aromatic heterocycles. The molecule has 0 saturated carbocycles. The van der Waals surface area contributed by atoms with Crippen LogP contribution < -0.4 is 0 Å². The molecular weight excluding hydrogens is 809 g/mol. The van der Waals surface area contributed by atoms with Crippen molar-refractivity contribution in [2.75, 3.05) is 0 Å². The van der Waals surface area contributed by atoms with Gasteiger partial charge in [-0.15, -0.1) is 0 Å². The summed E-state index contributed by atoms with van der Waals surface area (Å²) in [6, 6.07) is 76.0. The molecule has 0 saturated heterocycles. The van der Waals surface area contributed by atoms with Gasteiger partial charge in [0.05, 0.1) is 40.3 Å². The summed E-state index contributed by atoms with van der Waals surface area (Å²) in [6.45, 7) is 6.95. The zero-order valence-corrected chi connectivity index (χ0v) is 34.5. The third kappa shape index (κ3) is 7.04. The minimum absolute atomic E-state index is 0. The number of hydrogen-bond donors (Lipinski definition) is 0. The SMILES string of the molecule is N#Cc1cccc(-c2ccc(-n3c4ccccc4c4ccc(-c5ccc6c(c5)c5ccccc5n6-c5ccccc5)cc43)cc2)c1.[C-]#[N+]c1cccc(-c2ccc(Br)cc2)c1.[HH]. The lowest BCUT2D eigenvalue weighted by Crippen LogP contribution is -1.94. The molecule has 0 N–H and O–H groups in total. The summed E-state index contributed by atoms with van der Waals surface area (Å²) in [7, 11) is 0. The zero-order valence-electron chi connectivity index (χ0n) is 32.9. The molecule has 5 heteroatoms. The van der Waals surface area contributed by atoms with Crippen molar-refractivity contribution in [2.24, 2.45) is 0 Å². The average molecular weight is 846 g/mol. The molecule has 0 aliphatic carbocycles. The van der Waals surface area contributed by atoms with Gasteiger partial charge in [0.15, 0.2) is 5.69 Å². The zero-order chi connectivity index (χ0) is 41.3. The van der Waals surface area contributed by atoms with E-state index in [2.05, 4.69) is 182 Å². The third-order valence-corrected chi connectivity index (χ3v) is 11.8. The lowest BCUT2D eigenvalue weighted by Gasteiger charge is -2.11. The van der Waals surface area contributed by atoms with Crippen LogP contribution in [0, 0.1) is 17.9 Å². The summed E-state index contributed by atoms with van der Waals surface area (Å²) >= 11 is 3.40. The predicted molar refractivity (Wildman–Crippen MR) is 259 cm³/mol. The Morgan fingerprint density at radius 3 is 1.62 bits per heavy atom. The summed E-state index contributed by atoms with van der Waals surface area (Å²) in [5.74, 6) is 0. The van der Waals surface area contributed by atoms with E-state index in [1.165, 1.54) is 54.7 Å². The van der Waals surface area contributed by atoms with Crippen molar-refractivity contribution in [3.05, 3.63) is 234 Å². The molecule has 4 nitrogen and oxygen atoms in total. The minimum atomic E-state index is 0. The quantitative estimate of drug-likeness (QED) is 0.159. The Balaban J connectivity index is 0.000000260. The van der Waals surface area contributed by atoms with Gasteiger partial charge in [-0.2, -0.15) is 5.26 Å². The number of fused-ring (bicyclic) bond motifs is 6. The van der Waals surface area contributed by atoms with Crippen LogP contribution in [0.1, 0.15) is 6.99 Å². The Kier molecular flexibility index (Phi) is 9.79. The first kappa shape index (κ1) is 37.3. The van der Waals surface area contributed by atoms with Gasteiger partial charge >= 0.3 is 0 Å². The molecule has 0 aliphatic rings. The molecule has 0 bridgehead atoms. The van der Waals surface area contributed by atoms with Gasteiger partial charge in [-0.05, 0) is 118 Å². The van der Waals surface area contributed by atoms with E-state index in [1.54, 1.807) is 0 Å². The fourth-order valence-corrected chi connectivity index (χ4v) is 8.67. The number of nitrogens with zero attached hydrogens (tertiary/aromatic N) is 4. The van der Waals surface area contributed by atoms with E-state index in [0.29, 0.717) is 11.3 Å². The summed E-state index contributed by atoms with van der Waals surface area (Å²) in [6.07, 6.45) is 0. The number of hydrogen-bond acceptors (Lipinski definition) is 1.